The van der Waals surface area contributed by atoms with Crippen LogP contribution >= 0.6 is 24.8 Å². The van der Waals surface area contributed by atoms with Gasteiger partial charge >= 0.3 is 30.2 Å². The van der Waals surface area contributed by atoms with Gasteiger partial charge in [0.25, 0.3) is 0 Å². The minimum atomic E-state index is 0. The van der Waals surface area contributed by atoms with Gasteiger partial charge in [0, 0.05) is 0 Å². The molecule has 0 spiro atoms. The van der Waals surface area contributed by atoms with Crippen molar-refractivity contribution in [1.82, 2.24) is 0 Å². The van der Waals surface area contributed by atoms with E-state index in [1.165, 1.54) is 84.1 Å². The number of benzene rings is 2. The van der Waals surface area contributed by atoms with Crippen molar-refractivity contribution >= 4 is 42.8 Å². The Labute approximate surface area is 238 Å². The van der Waals surface area contributed by atoms with E-state index in [2.05, 4.69) is 82.1 Å². The SMILES string of the molecule is CC1C[CH-]C2=C(C1)c1ccccc1C2.CC1C[CH-]C2=C(C1)c1ccccc1C2.Cl.Cl.[CH3-].[CH3-].[Si]=[Zr]. The zero-order chi connectivity index (χ0) is 21.1. The molecule has 184 valence electrons. The van der Waals surface area contributed by atoms with E-state index in [1.807, 2.05) is 0 Å². The minimum absolute atomic E-state index is 0. The van der Waals surface area contributed by atoms with Crippen LogP contribution in [0.1, 0.15) is 61.8 Å². The van der Waals surface area contributed by atoms with Crippen LogP contribution in [0.3, 0.4) is 0 Å². The van der Waals surface area contributed by atoms with Crippen molar-refractivity contribution in [3.63, 3.8) is 0 Å². The maximum atomic E-state index is 3.06. The molecule has 2 aromatic carbocycles. The molecule has 2 unspecified atom stereocenters. The van der Waals surface area contributed by atoms with Crippen molar-refractivity contribution in [2.24, 2.45) is 11.8 Å². The molecule has 2 atom stereocenters. The quantitative estimate of drug-likeness (QED) is 0.214. The van der Waals surface area contributed by atoms with Gasteiger partial charge in [-0.1, -0.05) is 111 Å². The van der Waals surface area contributed by atoms with Crippen LogP contribution in [-0.2, 0) is 36.2 Å². The molecule has 0 N–H and O–H groups in total. The molecule has 0 fully saturated rings. The molecule has 0 bridgehead atoms. The topological polar surface area (TPSA) is 0 Å². The summed E-state index contributed by atoms with van der Waals surface area (Å²) in [5.74, 6) is 1.67. The predicted molar refractivity (Wildman–Crippen MR) is 153 cm³/mol. The molecule has 6 rings (SSSR count). The van der Waals surface area contributed by atoms with Crippen LogP contribution in [0.4, 0.5) is 0 Å². The molecule has 2 aromatic rings. The normalized spacial score (nSPS) is 20.0. The zero-order valence-corrected chi connectivity index (χ0v) is 26.1. The summed E-state index contributed by atoms with van der Waals surface area (Å²) in [7, 11) is 0. The standard InChI is InChI=1S/2C14H15.2CH3.2ClH.Si.Zr/c2*1-10-6-7-12-9-11-4-2-3-5-13(11)14(12)8-10;;;;;;/h2*2-5,7,10H,6,8-9H2,1H3;2*1H3;2*1H;;/q4*-1;;;;. The number of allylic oxidation sites excluding steroid dienone is 4. The Morgan fingerprint density at radius 1 is 0.676 bits per heavy atom. The third-order valence-electron chi connectivity index (χ3n) is 6.86. The Balaban J connectivity index is 0.000000538. The predicted octanol–water partition coefficient (Wildman–Crippen LogP) is 8.62. The van der Waals surface area contributed by atoms with Crippen molar-refractivity contribution in [1.29, 1.82) is 0 Å². The maximum absolute atomic E-state index is 3.06. The first kappa shape index (κ1) is 33.3. The Bertz CT molecular complexity index is 915. The molecule has 34 heavy (non-hydrogen) atoms. The number of halogens is 2. The van der Waals surface area contributed by atoms with Crippen molar-refractivity contribution in [2.45, 2.75) is 52.4 Å². The summed E-state index contributed by atoms with van der Waals surface area (Å²) in [6.45, 7) is 7.76. The summed E-state index contributed by atoms with van der Waals surface area (Å²) >= 11 is 1.36. The second-order valence-corrected chi connectivity index (χ2v) is 9.17. The van der Waals surface area contributed by atoms with E-state index in [-0.39, 0.29) is 39.7 Å². The summed E-state index contributed by atoms with van der Waals surface area (Å²) in [5, 5.41) is 0. The van der Waals surface area contributed by atoms with Gasteiger partial charge in [0.1, 0.15) is 0 Å². The monoisotopic (exact) mass is 586 g/mol. The van der Waals surface area contributed by atoms with E-state index in [4.69, 9.17) is 0 Å². The van der Waals surface area contributed by atoms with Crippen LogP contribution in [0.25, 0.3) is 11.1 Å². The van der Waals surface area contributed by atoms with Gasteiger partial charge in [-0.2, -0.15) is 11.1 Å². The second-order valence-electron chi connectivity index (χ2n) is 9.17. The third kappa shape index (κ3) is 7.19. The first-order valence-corrected chi connectivity index (χ1v) is 15.4. The fourth-order valence-electron chi connectivity index (χ4n) is 5.33. The molecule has 0 saturated carbocycles. The molecule has 4 heteroatoms. The number of hydrogen-bond acceptors (Lipinski definition) is 0. The van der Waals surface area contributed by atoms with Gasteiger partial charge in [0.15, 0.2) is 0 Å². The number of rotatable bonds is 0. The van der Waals surface area contributed by atoms with Gasteiger partial charge in [0.2, 0.25) is 0 Å². The molecule has 0 heterocycles. The Kier molecular flexibility index (Phi) is 15.2. The van der Waals surface area contributed by atoms with Crippen molar-refractivity contribution in [3.05, 3.63) is 110 Å². The Hall–Kier alpha value is -0.660. The summed E-state index contributed by atoms with van der Waals surface area (Å²) in [5.41, 5.74) is 12.5. The average molecular weight is 589 g/mol. The summed E-state index contributed by atoms with van der Waals surface area (Å²) in [6.07, 6.45) is 12.4. The molecular weight excluding hydrogens is 551 g/mol. The molecule has 0 amide bonds. The van der Waals surface area contributed by atoms with Gasteiger partial charge in [-0.3, -0.25) is 0 Å². The molecule has 4 aliphatic rings. The first-order chi connectivity index (χ1) is 14.7. The zero-order valence-electron chi connectivity index (χ0n) is 21.0. The molecule has 4 aliphatic carbocycles. The van der Waals surface area contributed by atoms with E-state index in [9.17, 15) is 0 Å². The van der Waals surface area contributed by atoms with Crippen LogP contribution in [0, 0.1) is 39.5 Å². The van der Waals surface area contributed by atoms with E-state index < -0.39 is 0 Å². The molecular formula is C30H38Cl2SiZr-4. The van der Waals surface area contributed by atoms with Gasteiger partial charge in [-0.15, -0.1) is 35.9 Å². The molecule has 0 nitrogen and oxygen atoms in total. The molecule has 0 aliphatic heterocycles. The molecule has 2 radical (unpaired) electrons. The Morgan fingerprint density at radius 3 is 1.41 bits per heavy atom. The number of fused-ring (bicyclic) bond motifs is 4. The average Bonchev–Trinajstić information content (AvgIpc) is 3.33. The molecule has 0 aromatic heterocycles. The molecule has 0 saturated heterocycles. The number of hydrogen-bond donors (Lipinski definition) is 0. The van der Waals surface area contributed by atoms with Gasteiger partial charge in [-0.05, 0) is 12.8 Å². The van der Waals surface area contributed by atoms with Crippen molar-refractivity contribution < 1.29 is 23.3 Å². The van der Waals surface area contributed by atoms with E-state index in [0.717, 1.165) is 11.8 Å². The van der Waals surface area contributed by atoms with E-state index >= 15 is 0 Å². The summed E-state index contributed by atoms with van der Waals surface area (Å²) < 4.78 is 0. The van der Waals surface area contributed by atoms with Gasteiger partial charge in [0.05, 0.1) is 0 Å². The van der Waals surface area contributed by atoms with Crippen LogP contribution in [0.5, 0.6) is 0 Å². The van der Waals surface area contributed by atoms with Crippen LogP contribution in [0.15, 0.2) is 59.7 Å². The summed E-state index contributed by atoms with van der Waals surface area (Å²) in [6, 6.07) is 17.7. The first-order valence-electron chi connectivity index (χ1n) is 11.2. The fraction of sp³-hybridized carbons (Fsp3) is 0.333. The Morgan fingerprint density at radius 2 is 1.03 bits per heavy atom. The van der Waals surface area contributed by atoms with Gasteiger partial charge in [-0.25, -0.2) is 24.0 Å². The van der Waals surface area contributed by atoms with Crippen LogP contribution in [0.2, 0.25) is 0 Å². The van der Waals surface area contributed by atoms with Crippen molar-refractivity contribution in [2.75, 3.05) is 0 Å². The van der Waals surface area contributed by atoms with Crippen molar-refractivity contribution in [3.8, 4) is 0 Å². The van der Waals surface area contributed by atoms with Crippen LogP contribution in [-0.4, -0.2) is 6.88 Å². The van der Waals surface area contributed by atoms with E-state index in [0.29, 0.717) is 0 Å². The second kappa shape index (κ2) is 15.5. The van der Waals surface area contributed by atoms with Gasteiger partial charge < -0.3 is 14.9 Å². The third-order valence-corrected chi connectivity index (χ3v) is 6.86. The fourth-order valence-corrected chi connectivity index (χ4v) is 5.33. The summed E-state index contributed by atoms with van der Waals surface area (Å²) in [4.78, 5) is 0. The van der Waals surface area contributed by atoms with E-state index in [1.54, 1.807) is 22.3 Å². The van der Waals surface area contributed by atoms with Crippen LogP contribution < -0.4 is 0 Å².